The third-order valence-electron chi connectivity index (χ3n) is 2.47. The van der Waals surface area contributed by atoms with Crippen molar-refractivity contribution in [2.75, 3.05) is 26.2 Å². The third kappa shape index (κ3) is 4.00. The second-order valence-corrected chi connectivity index (χ2v) is 3.63. The molecule has 0 aromatic carbocycles. The lowest BCUT2D eigenvalue weighted by Gasteiger charge is -2.17. The lowest BCUT2D eigenvalue weighted by atomic mass is 10.3. The predicted octanol–water partition coefficient (Wildman–Crippen LogP) is 1.33. The number of hydrogen-bond donors (Lipinski definition) is 1. The van der Waals surface area contributed by atoms with Gasteiger partial charge in [0.05, 0.1) is 6.04 Å². The molecule has 4 heteroatoms. The minimum Gasteiger partial charge on any atom is -0.308 e. The van der Waals surface area contributed by atoms with Gasteiger partial charge in [-0.2, -0.15) is 0 Å². The van der Waals surface area contributed by atoms with Crippen LogP contribution in [-0.4, -0.2) is 43.5 Å². The molecule has 1 rings (SSSR count). The summed E-state index contributed by atoms with van der Waals surface area (Å²) >= 11 is 0. The molecule has 1 atom stereocenters. The number of rotatable bonds is 5. The van der Waals surface area contributed by atoms with Gasteiger partial charge in [0.1, 0.15) is 0 Å². The molecule has 0 amide bonds. The highest BCUT2D eigenvalue weighted by molar-refractivity contribution is 4.69. The molecule has 1 unspecified atom stereocenters. The molecule has 0 saturated carbocycles. The fourth-order valence-corrected chi connectivity index (χ4v) is 1.55. The van der Waals surface area contributed by atoms with Crippen LogP contribution in [0.1, 0.15) is 19.8 Å². The van der Waals surface area contributed by atoms with Crippen LogP contribution >= 0.6 is 0 Å². The van der Waals surface area contributed by atoms with Crippen molar-refractivity contribution in [1.29, 1.82) is 0 Å². The van der Waals surface area contributed by atoms with Crippen molar-refractivity contribution in [2.24, 2.45) is 0 Å². The first-order chi connectivity index (χ1) is 6.20. The van der Waals surface area contributed by atoms with Gasteiger partial charge in [-0.3, -0.25) is 0 Å². The lowest BCUT2D eigenvalue weighted by Crippen LogP contribution is -2.38. The summed E-state index contributed by atoms with van der Waals surface area (Å²) in [6.07, 6.45) is 0.257. The monoisotopic (exact) mass is 192 g/mol. The first-order valence-corrected chi connectivity index (χ1v) is 4.94. The molecule has 1 fully saturated rings. The van der Waals surface area contributed by atoms with Crippen molar-refractivity contribution in [2.45, 2.75) is 32.2 Å². The summed E-state index contributed by atoms with van der Waals surface area (Å²) in [6.45, 7) is 5.35. The summed E-state index contributed by atoms with van der Waals surface area (Å²) in [7, 11) is 0. The van der Waals surface area contributed by atoms with E-state index in [9.17, 15) is 8.78 Å². The van der Waals surface area contributed by atoms with E-state index in [1.807, 2.05) is 0 Å². The highest BCUT2D eigenvalue weighted by atomic mass is 19.3. The molecule has 1 heterocycles. The van der Waals surface area contributed by atoms with Crippen molar-refractivity contribution in [3.8, 4) is 0 Å². The Morgan fingerprint density at radius 1 is 1.31 bits per heavy atom. The summed E-state index contributed by atoms with van der Waals surface area (Å²) in [5.74, 6) is 0. The zero-order valence-corrected chi connectivity index (χ0v) is 8.10. The Labute approximate surface area is 78.3 Å². The average Bonchev–Trinajstić information content (AvgIpc) is 2.56. The first kappa shape index (κ1) is 10.9. The molecule has 0 radical (unpaired) electrons. The van der Waals surface area contributed by atoms with Gasteiger partial charge in [-0.1, -0.05) is 0 Å². The summed E-state index contributed by atoms with van der Waals surface area (Å²) < 4.78 is 24.1. The van der Waals surface area contributed by atoms with Gasteiger partial charge in [0, 0.05) is 13.1 Å². The minimum atomic E-state index is -2.25. The number of hydrogen-bond acceptors (Lipinski definition) is 2. The van der Waals surface area contributed by atoms with Crippen LogP contribution in [0.5, 0.6) is 0 Å². The molecule has 1 aliphatic heterocycles. The Kier molecular flexibility index (Phi) is 4.59. The van der Waals surface area contributed by atoms with Crippen LogP contribution in [0, 0.1) is 0 Å². The standard InChI is InChI=1S/C9H18F2N2/c1-8(9(10)11)12-4-7-13-5-2-3-6-13/h8-9,12H,2-7H2,1H3. The normalized spacial score (nSPS) is 21.2. The summed E-state index contributed by atoms with van der Waals surface area (Å²) in [6, 6.07) is -0.678. The zero-order valence-electron chi connectivity index (χ0n) is 8.10. The van der Waals surface area contributed by atoms with Crippen LogP contribution in [0.4, 0.5) is 8.78 Å². The smallest absolute Gasteiger partial charge is 0.253 e. The van der Waals surface area contributed by atoms with Gasteiger partial charge in [-0.25, -0.2) is 8.78 Å². The number of alkyl halides is 2. The SMILES string of the molecule is CC(NCCN1CCCC1)C(F)F. The van der Waals surface area contributed by atoms with E-state index in [0.717, 1.165) is 19.6 Å². The van der Waals surface area contributed by atoms with E-state index >= 15 is 0 Å². The van der Waals surface area contributed by atoms with Crippen molar-refractivity contribution in [3.05, 3.63) is 0 Å². The molecule has 1 saturated heterocycles. The van der Waals surface area contributed by atoms with E-state index in [-0.39, 0.29) is 0 Å². The second kappa shape index (κ2) is 5.50. The third-order valence-corrected chi connectivity index (χ3v) is 2.47. The Morgan fingerprint density at radius 3 is 2.46 bits per heavy atom. The van der Waals surface area contributed by atoms with Crippen molar-refractivity contribution >= 4 is 0 Å². The summed E-state index contributed by atoms with van der Waals surface area (Å²) in [4.78, 5) is 2.31. The molecular formula is C9H18F2N2. The van der Waals surface area contributed by atoms with Gasteiger partial charge in [0.2, 0.25) is 0 Å². The van der Waals surface area contributed by atoms with Crippen LogP contribution < -0.4 is 5.32 Å². The average molecular weight is 192 g/mol. The Hall–Kier alpha value is -0.220. The fourth-order valence-electron chi connectivity index (χ4n) is 1.55. The maximum atomic E-state index is 12.1. The predicted molar refractivity (Wildman–Crippen MR) is 49.1 cm³/mol. The molecule has 0 aromatic rings. The van der Waals surface area contributed by atoms with E-state index in [2.05, 4.69) is 10.2 Å². The van der Waals surface area contributed by atoms with E-state index in [0.29, 0.717) is 6.54 Å². The quantitative estimate of drug-likeness (QED) is 0.707. The zero-order chi connectivity index (χ0) is 9.68. The van der Waals surface area contributed by atoms with Crippen molar-refractivity contribution in [1.82, 2.24) is 10.2 Å². The Bertz CT molecular complexity index is 134. The highest BCUT2D eigenvalue weighted by Crippen LogP contribution is 2.06. The molecule has 2 nitrogen and oxygen atoms in total. The van der Waals surface area contributed by atoms with Crippen LogP contribution in [0.15, 0.2) is 0 Å². The largest absolute Gasteiger partial charge is 0.308 e. The fraction of sp³-hybridized carbons (Fsp3) is 1.00. The molecular weight excluding hydrogens is 174 g/mol. The minimum absolute atomic E-state index is 0.672. The molecule has 1 N–H and O–H groups in total. The van der Waals surface area contributed by atoms with Gasteiger partial charge in [-0.05, 0) is 32.9 Å². The Balaban J connectivity index is 1.99. The number of nitrogens with one attached hydrogen (secondary N) is 1. The van der Waals surface area contributed by atoms with E-state index < -0.39 is 12.5 Å². The van der Waals surface area contributed by atoms with Crippen molar-refractivity contribution < 1.29 is 8.78 Å². The van der Waals surface area contributed by atoms with Gasteiger partial charge < -0.3 is 10.2 Å². The molecule has 0 spiro atoms. The topological polar surface area (TPSA) is 15.3 Å². The molecule has 0 aromatic heterocycles. The van der Waals surface area contributed by atoms with Crippen molar-refractivity contribution in [3.63, 3.8) is 0 Å². The first-order valence-electron chi connectivity index (χ1n) is 4.94. The van der Waals surface area contributed by atoms with Gasteiger partial charge in [0.15, 0.2) is 0 Å². The maximum absolute atomic E-state index is 12.1. The van der Waals surface area contributed by atoms with E-state index in [4.69, 9.17) is 0 Å². The van der Waals surface area contributed by atoms with Gasteiger partial charge >= 0.3 is 0 Å². The maximum Gasteiger partial charge on any atom is 0.253 e. The van der Waals surface area contributed by atoms with E-state index in [1.54, 1.807) is 0 Å². The van der Waals surface area contributed by atoms with E-state index in [1.165, 1.54) is 19.8 Å². The summed E-state index contributed by atoms with van der Waals surface area (Å²) in [5, 5.41) is 2.82. The summed E-state index contributed by atoms with van der Waals surface area (Å²) in [5.41, 5.74) is 0. The van der Waals surface area contributed by atoms with Gasteiger partial charge in [0.25, 0.3) is 6.43 Å². The highest BCUT2D eigenvalue weighted by Gasteiger charge is 2.15. The number of likely N-dealkylation sites (tertiary alicyclic amines) is 1. The van der Waals surface area contributed by atoms with Crippen LogP contribution in [0.2, 0.25) is 0 Å². The lowest BCUT2D eigenvalue weighted by molar-refractivity contribution is 0.105. The molecule has 13 heavy (non-hydrogen) atoms. The van der Waals surface area contributed by atoms with Crippen LogP contribution in [0.3, 0.4) is 0 Å². The second-order valence-electron chi connectivity index (χ2n) is 3.63. The van der Waals surface area contributed by atoms with Gasteiger partial charge in [-0.15, -0.1) is 0 Å². The number of halogens is 2. The Morgan fingerprint density at radius 2 is 1.92 bits per heavy atom. The molecule has 78 valence electrons. The number of nitrogens with zero attached hydrogens (tertiary/aromatic N) is 1. The van der Waals surface area contributed by atoms with Crippen LogP contribution in [0.25, 0.3) is 0 Å². The molecule has 0 aliphatic carbocycles. The molecule has 1 aliphatic rings. The van der Waals surface area contributed by atoms with Crippen LogP contribution in [-0.2, 0) is 0 Å². The molecule has 0 bridgehead atoms.